The van der Waals surface area contributed by atoms with E-state index in [0.29, 0.717) is 5.56 Å². The molecule has 1 amide bonds. The van der Waals surface area contributed by atoms with E-state index in [4.69, 9.17) is 11.0 Å². The number of aromatic nitrogens is 1. The van der Waals surface area contributed by atoms with E-state index in [0.717, 1.165) is 15.4 Å². The van der Waals surface area contributed by atoms with Gasteiger partial charge < -0.3 is 5.73 Å². The molecule has 0 spiro atoms. The molecule has 116 valence electrons. The highest BCUT2D eigenvalue weighted by Crippen LogP contribution is 2.38. The van der Waals surface area contributed by atoms with Gasteiger partial charge >= 0.3 is 0 Å². The summed E-state index contributed by atoms with van der Waals surface area (Å²) in [6.07, 6.45) is 1.98. The third-order valence-electron chi connectivity index (χ3n) is 3.85. The van der Waals surface area contributed by atoms with Crippen LogP contribution in [0.5, 0.6) is 0 Å². The number of hydrogen-bond donors (Lipinski definition) is 1. The number of hydrogen-bond acceptors (Lipinski definition) is 6. The first-order chi connectivity index (χ1) is 10.9. The highest BCUT2D eigenvalue weighted by Gasteiger charge is 2.37. The lowest BCUT2D eigenvalue weighted by molar-refractivity contribution is -0.128. The molecule has 1 aliphatic heterocycles. The fourth-order valence-corrected chi connectivity index (χ4v) is 3.43. The molecule has 2 N–H and O–H groups in total. The first kappa shape index (κ1) is 15.2. The van der Waals surface area contributed by atoms with Gasteiger partial charge in [0.05, 0.1) is 22.9 Å². The standard InChI is InChI=1S/C16H15N5OS/c1-16(7-13(22)21(2)15(18)20-16)12-9-19-14(23-12)11-5-3-4-10(6-11)8-17/h3-6,9H,7H2,1-2H3,(H2,18,20)/t16-/m0/s1. The minimum absolute atomic E-state index is 0.0681. The molecule has 1 atom stereocenters. The van der Waals surface area contributed by atoms with Crippen molar-refractivity contribution < 1.29 is 4.79 Å². The van der Waals surface area contributed by atoms with Crippen LogP contribution in [0.25, 0.3) is 10.6 Å². The van der Waals surface area contributed by atoms with Crippen LogP contribution in [0.2, 0.25) is 0 Å². The van der Waals surface area contributed by atoms with E-state index in [9.17, 15) is 4.79 Å². The van der Waals surface area contributed by atoms with Crippen molar-refractivity contribution >= 4 is 23.2 Å². The van der Waals surface area contributed by atoms with Gasteiger partial charge in [0.1, 0.15) is 10.5 Å². The zero-order valence-electron chi connectivity index (χ0n) is 12.8. The number of aliphatic imine (C=N–C) groups is 1. The molecule has 0 aliphatic carbocycles. The van der Waals surface area contributed by atoms with Crippen molar-refractivity contribution in [1.82, 2.24) is 9.88 Å². The Morgan fingerprint density at radius 1 is 1.48 bits per heavy atom. The maximum atomic E-state index is 12.1. The van der Waals surface area contributed by atoms with Gasteiger partial charge in [-0.1, -0.05) is 12.1 Å². The van der Waals surface area contributed by atoms with Crippen molar-refractivity contribution in [1.29, 1.82) is 5.26 Å². The number of carbonyl (C=O) groups excluding carboxylic acids is 1. The molecule has 6 nitrogen and oxygen atoms in total. The van der Waals surface area contributed by atoms with Crippen molar-refractivity contribution in [3.8, 4) is 16.6 Å². The Labute approximate surface area is 137 Å². The van der Waals surface area contributed by atoms with Crippen molar-refractivity contribution in [2.24, 2.45) is 10.7 Å². The summed E-state index contributed by atoms with van der Waals surface area (Å²) in [6.45, 7) is 1.88. The number of nitriles is 1. The van der Waals surface area contributed by atoms with Gasteiger partial charge in [-0.15, -0.1) is 11.3 Å². The number of carbonyl (C=O) groups is 1. The maximum absolute atomic E-state index is 12.1. The summed E-state index contributed by atoms with van der Waals surface area (Å²) in [4.78, 5) is 23.2. The summed E-state index contributed by atoms with van der Waals surface area (Å²) in [5.41, 5.74) is 6.60. The van der Waals surface area contributed by atoms with E-state index in [1.54, 1.807) is 25.4 Å². The summed E-state index contributed by atoms with van der Waals surface area (Å²) in [7, 11) is 1.62. The second-order valence-electron chi connectivity index (χ2n) is 5.60. The van der Waals surface area contributed by atoms with Crippen molar-refractivity contribution in [3.63, 3.8) is 0 Å². The predicted octanol–water partition coefficient (Wildman–Crippen LogP) is 2.07. The molecule has 0 unspecified atom stereocenters. The number of amides is 1. The average Bonchev–Trinajstić information content (AvgIpc) is 3.03. The van der Waals surface area contributed by atoms with Gasteiger partial charge in [0.25, 0.3) is 0 Å². The highest BCUT2D eigenvalue weighted by atomic mass is 32.1. The van der Waals surface area contributed by atoms with Crippen molar-refractivity contribution in [2.45, 2.75) is 18.9 Å². The molecule has 0 radical (unpaired) electrons. The lowest BCUT2D eigenvalue weighted by Crippen LogP contribution is -2.47. The van der Waals surface area contributed by atoms with Crippen molar-refractivity contribution in [2.75, 3.05) is 7.05 Å². The van der Waals surface area contributed by atoms with E-state index in [-0.39, 0.29) is 18.3 Å². The average molecular weight is 325 g/mol. The third kappa shape index (κ3) is 2.69. The highest BCUT2D eigenvalue weighted by molar-refractivity contribution is 7.15. The van der Waals surface area contributed by atoms with E-state index < -0.39 is 5.54 Å². The molecule has 0 saturated heterocycles. The van der Waals surface area contributed by atoms with Crippen LogP contribution in [0.15, 0.2) is 35.5 Å². The molecule has 0 saturated carbocycles. The van der Waals surface area contributed by atoms with Crippen LogP contribution < -0.4 is 5.73 Å². The second-order valence-corrected chi connectivity index (χ2v) is 6.63. The van der Waals surface area contributed by atoms with Crippen LogP contribution in [0.3, 0.4) is 0 Å². The van der Waals surface area contributed by atoms with Gasteiger partial charge in [0, 0.05) is 18.8 Å². The Morgan fingerprint density at radius 2 is 2.26 bits per heavy atom. The second kappa shape index (κ2) is 5.48. The van der Waals surface area contributed by atoms with Crippen LogP contribution in [-0.2, 0) is 10.3 Å². The summed E-state index contributed by atoms with van der Waals surface area (Å²) in [6, 6.07) is 9.39. The normalized spacial score (nSPS) is 21.0. The lowest BCUT2D eigenvalue weighted by atomic mass is 9.95. The van der Waals surface area contributed by atoms with Gasteiger partial charge in [-0.25, -0.2) is 9.98 Å². The molecule has 0 bridgehead atoms. The number of guanidine groups is 1. The van der Waals surface area contributed by atoms with Gasteiger partial charge in [-0.2, -0.15) is 5.26 Å². The Hall–Kier alpha value is -2.72. The first-order valence-corrected chi connectivity index (χ1v) is 7.83. The zero-order chi connectivity index (χ0) is 16.6. The summed E-state index contributed by atoms with van der Waals surface area (Å²) in [5.74, 6) is 0.145. The third-order valence-corrected chi connectivity index (χ3v) is 5.15. The Balaban J connectivity index is 1.99. The number of benzene rings is 1. The van der Waals surface area contributed by atoms with Gasteiger partial charge in [0.2, 0.25) is 5.91 Å². The Bertz CT molecular complexity index is 850. The lowest BCUT2D eigenvalue weighted by Gasteiger charge is -2.32. The smallest absolute Gasteiger partial charge is 0.231 e. The van der Waals surface area contributed by atoms with Crippen LogP contribution in [0, 0.1) is 11.3 Å². The molecule has 3 rings (SSSR count). The zero-order valence-corrected chi connectivity index (χ0v) is 13.6. The van der Waals surface area contributed by atoms with E-state index >= 15 is 0 Å². The molecule has 2 aromatic rings. The summed E-state index contributed by atoms with van der Waals surface area (Å²) >= 11 is 1.46. The Kier molecular flexibility index (Phi) is 3.62. The largest absolute Gasteiger partial charge is 0.369 e. The predicted molar refractivity (Wildman–Crippen MR) is 88.6 cm³/mol. The van der Waals surface area contributed by atoms with Crippen LogP contribution in [0.1, 0.15) is 23.8 Å². The van der Waals surface area contributed by atoms with Crippen molar-refractivity contribution in [3.05, 3.63) is 40.9 Å². The minimum Gasteiger partial charge on any atom is -0.369 e. The maximum Gasteiger partial charge on any atom is 0.231 e. The topological polar surface area (TPSA) is 95.4 Å². The fourth-order valence-electron chi connectivity index (χ4n) is 2.43. The Morgan fingerprint density at radius 3 is 2.96 bits per heavy atom. The fraction of sp³-hybridized carbons (Fsp3) is 0.250. The van der Waals surface area contributed by atoms with Gasteiger partial charge in [-0.3, -0.25) is 9.69 Å². The van der Waals surface area contributed by atoms with Crippen LogP contribution in [-0.4, -0.2) is 28.8 Å². The molecule has 1 aliphatic rings. The van der Waals surface area contributed by atoms with Gasteiger partial charge in [-0.05, 0) is 19.1 Å². The number of rotatable bonds is 2. The minimum atomic E-state index is -0.698. The molecular weight excluding hydrogens is 310 g/mol. The summed E-state index contributed by atoms with van der Waals surface area (Å²) in [5, 5.41) is 9.79. The van der Waals surface area contributed by atoms with E-state index in [1.165, 1.54) is 16.2 Å². The molecule has 7 heteroatoms. The summed E-state index contributed by atoms with van der Waals surface area (Å²) < 4.78 is 0. The number of thiazole rings is 1. The molecule has 23 heavy (non-hydrogen) atoms. The number of nitrogens with zero attached hydrogens (tertiary/aromatic N) is 4. The van der Waals surface area contributed by atoms with E-state index in [1.807, 2.05) is 19.1 Å². The SMILES string of the molecule is CN1C(=O)C[C@@](C)(c2cnc(-c3cccc(C#N)c3)s2)N=C1N. The first-order valence-electron chi connectivity index (χ1n) is 7.02. The molecule has 1 aromatic carbocycles. The quantitative estimate of drug-likeness (QED) is 0.914. The van der Waals surface area contributed by atoms with Crippen LogP contribution in [0.4, 0.5) is 0 Å². The van der Waals surface area contributed by atoms with Crippen LogP contribution >= 0.6 is 11.3 Å². The molecular formula is C16H15N5OS. The molecule has 1 aromatic heterocycles. The van der Waals surface area contributed by atoms with E-state index in [2.05, 4.69) is 16.0 Å². The van der Waals surface area contributed by atoms with Gasteiger partial charge in [0.15, 0.2) is 5.96 Å². The monoisotopic (exact) mass is 325 g/mol. The molecule has 0 fully saturated rings. The molecule has 2 heterocycles. The number of nitrogens with two attached hydrogens (primary N) is 1.